The highest BCUT2D eigenvalue weighted by Crippen LogP contribution is 2.20. The summed E-state index contributed by atoms with van der Waals surface area (Å²) < 4.78 is 4.73. The summed E-state index contributed by atoms with van der Waals surface area (Å²) in [6, 6.07) is 7.79. The van der Waals surface area contributed by atoms with E-state index in [4.69, 9.17) is 4.74 Å². The van der Waals surface area contributed by atoms with Crippen LogP contribution in [0, 0.1) is 6.92 Å². The second-order valence-corrected chi connectivity index (χ2v) is 3.60. The number of hydrogen-bond acceptors (Lipinski definition) is 3. The fourth-order valence-corrected chi connectivity index (χ4v) is 1.60. The Morgan fingerprint density at radius 1 is 1.40 bits per heavy atom. The van der Waals surface area contributed by atoms with Gasteiger partial charge in [0.2, 0.25) is 0 Å². The molecule has 0 atom stereocenters. The van der Waals surface area contributed by atoms with Gasteiger partial charge in [0.15, 0.2) is 0 Å². The standard InChI is InChI=1S/C12H12O3/c1-8-4-2-3-5-9(8)6-10-11(13)7-15-12(10)14/h2-5,13H,6-7H2,1H3. The lowest BCUT2D eigenvalue weighted by atomic mass is 10.0. The number of aliphatic hydroxyl groups excluding tert-OH is 1. The smallest absolute Gasteiger partial charge is 0.338 e. The van der Waals surface area contributed by atoms with Crippen LogP contribution in [0.4, 0.5) is 0 Å². The fourth-order valence-electron chi connectivity index (χ4n) is 1.60. The van der Waals surface area contributed by atoms with Gasteiger partial charge in [-0.15, -0.1) is 0 Å². The van der Waals surface area contributed by atoms with Crippen molar-refractivity contribution in [2.24, 2.45) is 0 Å². The van der Waals surface area contributed by atoms with Gasteiger partial charge in [0.1, 0.15) is 12.4 Å². The Morgan fingerprint density at radius 3 is 2.73 bits per heavy atom. The molecule has 0 radical (unpaired) electrons. The number of benzene rings is 1. The molecule has 15 heavy (non-hydrogen) atoms. The van der Waals surface area contributed by atoms with Crippen molar-refractivity contribution in [1.29, 1.82) is 0 Å². The Bertz CT molecular complexity index is 432. The molecule has 0 saturated heterocycles. The lowest BCUT2D eigenvalue weighted by molar-refractivity contribution is -0.136. The molecule has 1 N–H and O–H groups in total. The first-order chi connectivity index (χ1) is 7.18. The molecular weight excluding hydrogens is 192 g/mol. The van der Waals surface area contributed by atoms with Gasteiger partial charge in [-0.2, -0.15) is 0 Å². The van der Waals surface area contributed by atoms with Crippen molar-refractivity contribution >= 4 is 5.97 Å². The molecule has 0 amide bonds. The third-order valence-electron chi connectivity index (χ3n) is 2.56. The molecule has 1 aromatic carbocycles. The predicted octanol–water partition coefficient (Wildman–Crippen LogP) is 1.91. The van der Waals surface area contributed by atoms with Gasteiger partial charge in [0.25, 0.3) is 0 Å². The zero-order valence-corrected chi connectivity index (χ0v) is 8.49. The van der Waals surface area contributed by atoms with Gasteiger partial charge in [-0.25, -0.2) is 4.79 Å². The molecular formula is C12H12O3. The van der Waals surface area contributed by atoms with Crippen LogP contribution < -0.4 is 0 Å². The summed E-state index contributed by atoms with van der Waals surface area (Å²) in [5.74, 6) is -0.348. The van der Waals surface area contributed by atoms with E-state index in [0.717, 1.165) is 11.1 Å². The highest BCUT2D eigenvalue weighted by molar-refractivity contribution is 5.91. The third-order valence-corrected chi connectivity index (χ3v) is 2.56. The van der Waals surface area contributed by atoms with E-state index in [0.29, 0.717) is 12.0 Å². The van der Waals surface area contributed by atoms with E-state index >= 15 is 0 Å². The summed E-state index contributed by atoms with van der Waals surface area (Å²) in [6.45, 7) is 1.99. The van der Waals surface area contributed by atoms with Crippen molar-refractivity contribution in [1.82, 2.24) is 0 Å². The monoisotopic (exact) mass is 204 g/mol. The Balaban J connectivity index is 2.26. The Morgan fingerprint density at radius 2 is 2.13 bits per heavy atom. The topological polar surface area (TPSA) is 46.5 Å². The maximum absolute atomic E-state index is 11.3. The fraction of sp³-hybridized carbons (Fsp3) is 0.250. The van der Waals surface area contributed by atoms with Crippen LogP contribution in [0.5, 0.6) is 0 Å². The summed E-state index contributed by atoms with van der Waals surface area (Å²) >= 11 is 0. The molecule has 0 aliphatic carbocycles. The number of cyclic esters (lactones) is 1. The van der Waals surface area contributed by atoms with E-state index in [1.165, 1.54) is 0 Å². The van der Waals surface area contributed by atoms with Crippen molar-refractivity contribution in [3.63, 3.8) is 0 Å². The molecule has 1 aliphatic heterocycles. The van der Waals surface area contributed by atoms with Crippen LogP contribution in [0.15, 0.2) is 35.6 Å². The average Bonchev–Trinajstić information content (AvgIpc) is 2.53. The highest BCUT2D eigenvalue weighted by Gasteiger charge is 2.24. The molecule has 0 bridgehead atoms. The summed E-state index contributed by atoms with van der Waals surface area (Å²) in [5.41, 5.74) is 2.53. The number of ether oxygens (including phenoxy) is 1. The first kappa shape index (κ1) is 9.77. The second-order valence-electron chi connectivity index (χ2n) is 3.60. The number of aliphatic hydroxyl groups is 1. The summed E-state index contributed by atoms with van der Waals surface area (Å²) in [7, 11) is 0. The van der Waals surface area contributed by atoms with Crippen LogP contribution in [-0.4, -0.2) is 17.7 Å². The largest absolute Gasteiger partial charge is 0.508 e. The minimum absolute atomic E-state index is 0.0139. The van der Waals surface area contributed by atoms with Crippen LogP contribution >= 0.6 is 0 Å². The first-order valence-corrected chi connectivity index (χ1v) is 4.81. The van der Waals surface area contributed by atoms with Gasteiger partial charge in [0, 0.05) is 6.42 Å². The molecule has 0 saturated carbocycles. The van der Waals surface area contributed by atoms with Crippen molar-refractivity contribution < 1.29 is 14.6 Å². The minimum Gasteiger partial charge on any atom is -0.508 e. The Hall–Kier alpha value is -1.77. The van der Waals surface area contributed by atoms with Gasteiger partial charge in [-0.05, 0) is 18.1 Å². The minimum atomic E-state index is -0.407. The highest BCUT2D eigenvalue weighted by atomic mass is 16.5. The summed E-state index contributed by atoms with van der Waals surface area (Å²) in [6.07, 6.45) is 0.442. The van der Waals surface area contributed by atoms with Gasteiger partial charge in [-0.3, -0.25) is 0 Å². The van der Waals surface area contributed by atoms with Crippen LogP contribution in [0.25, 0.3) is 0 Å². The summed E-state index contributed by atoms with van der Waals surface area (Å²) in [4.78, 5) is 11.3. The number of aryl methyl sites for hydroxylation is 1. The van der Waals surface area contributed by atoms with Crippen LogP contribution in [0.2, 0.25) is 0 Å². The lowest BCUT2D eigenvalue weighted by Gasteiger charge is -2.04. The quantitative estimate of drug-likeness (QED) is 0.748. The van der Waals surface area contributed by atoms with E-state index in [2.05, 4.69) is 0 Å². The molecule has 0 spiro atoms. The molecule has 0 fully saturated rings. The number of carbonyl (C=O) groups excluding carboxylic acids is 1. The van der Waals surface area contributed by atoms with E-state index in [1.807, 2.05) is 31.2 Å². The normalized spacial score (nSPS) is 15.7. The molecule has 1 aromatic rings. The SMILES string of the molecule is Cc1ccccc1CC1=C(O)COC1=O. The number of carbonyl (C=O) groups is 1. The summed E-state index contributed by atoms with van der Waals surface area (Å²) in [5, 5.41) is 9.45. The number of rotatable bonds is 2. The zero-order valence-electron chi connectivity index (χ0n) is 8.49. The van der Waals surface area contributed by atoms with Crippen molar-refractivity contribution in [2.45, 2.75) is 13.3 Å². The maximum atomic E-state index is 11.3. The van der Waals surface area contributed by atoms with Crippen molar-refractivity contribution in [2.75, 3.05) is 6.61 Å². The molecule has 3 nitrogen and oxygen atoms in total. The number of esters is 1. The third kappa shape index (κ3) is 1.86. The predicted molar refractivity (Wildman–Crippen MR) is 55.5 cm³/mol. The molecule has 1 heterocycles. The molecule has 0 aromatic heterocycles. The molecule has 3 heteroatoms. The molecule has 0 unspecified atom stereocenters. The van der Waals surface area contributed by atoms with E-state index in [-0.39, 0.29) is 12.4 Å². The Kier molecular flexibility index (Phi) is 2.46. The van der Waals surface area contributed by atoms with Gasteiger partial charge >= 0.3 is 5.97 Å². The molecule has 2 rings (SSSR count). The lowest BCUT2D eigenvalue weighted by Crippen LogP contribution is -2.03. The van der Waals surface area contributed by atoms with Gasteiger partial charge in [-0.1, -0.05) is 24.3 Å². The van der Waals surface area contributed by atoms with Crippen LogP contribution in [-0.2, 0) is 16.0 Å². The van der Waals surface area contributed by atoms with E-state index < -0.39 is 5.97 Å². The van der Waals surface area contributed by atoms with Crippen LogP contribution in [0.1, 0.15) is 11.1 Å². The van der Waals surface area contributed by atoms with Gasteiger partial charge < -0.3 is 9.84 Å². The zero-order chi connectivity index (χ0) is 10.8. The van der Waals surface area contributed by atoms with Crippen LogP contribution in [0.3, 0.4) is 0 Å². The number of hydrogen-bond donors (Lipinski definition) is 1. The first-order valence-electron chi connectivity index (χ1n) is 4.81. The van der Waals surface area contributed by atoms with Gasteiger partial charge in [0.05, 0.1) is 5.57 Å². The maximum Gasteiger partial charge on any atom is 0.338 e. The van der Waals surface area contributed by atoms with E-state index in [9.17, 15) is 9.90 Å². The molecule has 78 valence electrons. The van der Waals surface area contributed by atoms with Crippen molar-refractivity contribution in [3.05, 3.63) is 46.7 Å². The van der Waals surface area contributed by atoms with E-state index in [1.54, 1.807) is 0 Å². The average molecular weight is 204 g/mol. The Labute approximate surface area is 88.0 Å². The molecule has 1 aliphatic rings. The second kappa shape index (κ2) is 3.77. The van der Waals surface area contributed by atoms with Crippen molar-refractivity contribution in [3.8, 4) is 0 Å².